The van der Waals surface area contributed by atoms with Crippen molar-refractivity contribution in [1.29, 1.82) is 0 Å². The van der Waals surface area contributed by atoms with Gasteiger partial charge in [-0.05, 0) is 57.8 Å². The van der Waals surface area contributed by atoms with Gasteiger partial charge in [0.25, 0.3) is 5.60 Å². The van der Waals surface area contributed by atoms with Gasteiger partial charge in [-0.15, -0.1) is 0 Å². The second-order valence-electron chi connectivity index (χ2n) is 10.0. The predicted molar refractivity (Wildman–Crippen MR) is 115 cm³/mol. The van der Waals surface area contributed by atoms with E-state index >= 15 is 0 Å². The van der Waals surface area contributed by atoms with Crippen molar-refractivity contribution in [3.8, 4) is 0 Å². The van der Waals surface area contributed by atoms with E-state index in [1.54, 1.807) is 19.9 Å². The Morgan fingerprint density at radius 2 is 1.81 bits per heavy atom. The average molecular weight is 455 g/mol. The zero-order valence-electron chi connectivity index (χ0n) is 19.2. The number of halogens is 3. The standard InChI is InChI=1S/C25H33F3O4/c1-16-11-12-20(23(4)14-13-18(15-19(16)23)22(2,3)30)32-21(29)24(31-5,25(26,27)28)17-9-7-6-8-10-17/h6-10,18-20,30H,1,11-15H2,2-5H3/t18-,19+,20-,23-,24+/m0/s1. The number of alkyl halides is 3. The van der Waals surface area contributed by atoms with Crippen LogP contribution in [0.4, 0.5) is 13.2 Å². The minimum absolute atomic E-state index is 0.0428. The lowest BCUT2D eigenvalue weighted by Crippen LogP contribution is -2.56. The third-order valence-corrected chi connectivity index (χ3v) is 7.73. The maximum atomic E-state index is 14.3. The highest BCUT2D eigenvalue weighted by atomic mass is 19.4. The van der Waals surface area contributed by atoms with E-state index in [2.05, 4.69) is 6.58 Å². The Hall–Kier alpha value is -1.86. The molecule has 0 aromatic heterocycles. The van der Waals surface area contributed by atoms with Crippen LogP contribution in [0, 0.1) is 17.3 Å². The first-order valence-corrected chi connectivity index (χ1v) is 11.1. The highest BCUT2D eigenvalue weighted by Gasteiger charge is 2.65. The van der Waals surface area contributed by atoms with Gasteiger partial charge in [-0.3, -0.25) is 0 Å². The van der Waals surface area contributed by atoms with Gasteiger partial charge in [0.2, 0.25) is 0 Å². The molecule has 1 N–H and O–H groups in total. The molecule has 1 aromatic rings. The number of rotatable bonds is 5. The van der Waals surface area contributed by atoms with Gasteiger partial charge in [0, 0.05) is 18.1 Å². The van der Waals surface area contributed by atoms with Gasteiger partial charge in [-0.1, -0.05) is 49.4 Å². The van der Waals surface area contributed by atoms with Crippen LogP contribution in [0.5, 0.6) is 0 Å². The van der Waals surface area contributed by atoms with E-state index in [0.717, 1.165) is 12.7 Å². The summed E-state index contributed by atoms with van der Waals surface area (Å²) in [5.74, 6) is -1.44. The number of ether oxygens (including phenoxy) is 2. The molecule has 2 aliphatic rings. The Bertz CT molecular complexity index is 845. The van der Waals surface area contributed by atoms with Crippen LogP contribution in [0.1, 0.15) is 58.4 Å². The highest BCUT2D eigenvalue weighted by Crippen LogP contribution is 2.56. The van der Waals surface area contributed by atoms with E-state index in [-0.39, 0.29) is 17.4 Å². The van der Waals surface area contributed by atoms with E-state index < -0.39 is 34.9 Å². The topological polar surface area (TPSA) is 55.8 Å². The van der Waals surface area contributed by atoms with Crippen LogP contribution < -0.4 is 0 Å². The second kappa shape index (κ2) is 8.49. The number of aliphatic hydroxyl groups is 1. The van der Waals surface area contributed by atoms with Crippen LogP contribution in [0.25, 0.3) is 0 Å². The fourth-order valence-electron chi connectivity index (χ4n) is 5.60. The number of benzene rings is 1. The first-order chi connectivity index (χ1) is 14.8. The van der Waals surface area contributed by atoms with Crippen LogP contribution >= 0.6 is 0 Å². The molecule has 3 rings (SSSR count). The van der Waals surface area contributed by atoms with Crippen molar-refractivity contribution in [3.63, 3.8) is 0 Å². The molecule has 2 saturated carbocycles. The van der Waals surface area contributed by atoms with E-state index in [1.165, 1.54) is 24.3 Å². The number of methoxy groups -OCH3 is 1. The summed E-state index contributed by atoms with van der Waals surface area (Å²) in [5.41, 5.74) is -3.91. The molecule has 0 spiro atoms. The van der Waals surface area contributed by atoms with Crippen molar-refractivity contribution < 1.29 is 32.5 Å². The van der Waals surface area contributed by atoms with Gasteiger partial charge >= 0.3 is 12.1 Å². The molecule has 0 amide bonds. The maximum Gasteiger partial charge on any atom is 0.432 e. The van der Waals surface area contributed by atoms with Gasteiger partial charge in [0.1, 0.15) is 6.10 Å². The largest absolute Gasteiger partial charge is 0.459 e. The summed E-state index contributed by atoms with van der Waals surface area (Å²) in [4.78, 5) is 13.2. The van der Waals surface area contributed by atoms with Crippen molar-refractivity contribution >= 4 is 5.97 Å². The summed E-state index contributed by atoms with van der Waals surface area (Å²) in [5, 5.41) is 10.5. The van der Waals surface area contributed by atoms with Crippen LogP contribution in [-0.2, 0) is 19.9 Å². The van der Waals surface area contributed by atoms with Gasteiger partial charge in [-0.25, -0.2) is 4.79 Å². The number of esters is 1. The molecule has 2 fully saturated rings. The lowest BCUT2D eigenvalue weighted by Gasteiger charge is -2.54. The third-order valence-electron chi connectivity index (χ3n) is 7.73. The van der Waals surface area contributed by atoms with Crippen molar-refractivity contribution in [2.45, 2.75) is 76.4 Å². The van der Waals surface area contributed by atoms with Gasteiger partial charge in [-0.2, -0.15) is 13.2 Å². The molecule has 0 saturated heterocycles. The molecule has 0 heterocycles. The van der Waals surface area contributed by atoms with Crippen molar-refractivity contribution in [1.82, 2.24) is 0 Å². The van der Waals surface area contributed by atoms with Gasteiger partial charge in [0.15, 0.2) is 0 Å². The fourth-order valence-corrected chi connectivity index (χ4v) is 5.60. The molecule has 4 nitrogen and oxygen atoms in total. The lowest BCUT2D eigenvalue weighted by molar-refractivity contribution is -0.281. The molecule has 0 aliphatic heterocycles. The minimum Gasteiger partial charge on any atom is -0.459 e. The molecule has 0 unspecified atom stereocenters. The molecule has 2 aliphatic carbocycles. The Labute approximate surface area is 187 Å². The summed E-state index contributed by atoms with van der Waals surface area (Å²) < 4.78 is 53.4. The molecular weight excluding hydrogens is 421 g/mol. The highest BCUT2D eigenvalue weighted by molar-refractivity contribution is 5.83. The lowest BCUT2D eigenvalue weighted by atomic mass is 9.54. The zero-order chi connectivity index (χ0) is 23.9. The van der Waals surface area contributed by atoms with Gasteiger partial charge < -0.3 is 14.6 Å². The van der Waals surface area contributed by atoms with E-state index in [4.69, 9.17) is 9.47 Å². The maximum absolute atomic E-state index is 14.3. The second-order valence-corrected chi connectivity index (χ2v) is 10.0. The SMILES string of the molecule is C=C1CC[C@H](OC(=O)[C@](OC)(c2ccccc2)C(F)(F)F)[C@@]2(C)CC[C@H](C(C)(C)O)C[C@H]12. The number of fused-ring (bicyclic) bond motifs is 1. The molecular formula is C25H33F3O4. The van der Waals surface area contributed by atoms with E-state index in [9.17, 15) is 23.1 Å². The summed E-state index contributed by atoms with van der Waals surface area (Å²) in [6, 6.07) is 6.88. The summed E-state index contributed by atoms with van der Waals surface area (Å²) >= 11 is 0. The Morgan fingerprint density at radius 1 is 1.19 bits per heavy atom. The number of carbonyl (C=O) groups excluding carboxylic acids is 1. The molecule has 178 valence electrons. The van der Waals surface area contributed by atoms with Crippen LogP contribution in [0.2, 0.25) is 0 Å². The number of allylic oxidation sites excluding steroid dienone is 1. The molecule has 1 aromatic carbocycles. The van der Waals surface area contributed by atoms with E-state index in [0.29, 0.717) is 32.1 Å². The first kappa shape index (κ1) is 24.8. The Morgan fingerprint density at radius 3 is 2.34 bits per heavy atom. The van der Waals surface area contributed by atoms with Crippen LogP contribution in [0.15, 0.2) is 42.5 Å². The number of carbonyl (C=O) groups is 1. The number of hydrogen-bond acceptors (Lipinski definition) is 4. The number of hydrogen-bond donors (Lipinski definition) is 1. The van der Waals surface area contributed by atoms with Crippen LogP contribution in [-0.4, -0.2) is 36.1 Å². The third kappa shape index (κ3) is 4.10. The minimum atomic E-state index is -5.00. The van der Waals surface area contributed by atoms with Crippen molar-refractivity contribution in [2.24, 2.45) is 17.3 Å². The normalized spacial score (nSPS) is 30.9. The monoisotopic (exact) mass is 454 g/mol. The van der Waals surface area contributed by atoms with Crippen LogP contribution in [0.3, 0.4) is 0 Å². The summed E-state index contributed by atoms with van der Waals surface area (Å²) in [6.45, 7) is 9.72. The molecule has 32 heavy (non-hydrogen) atoms. The average Bonchev–Trinajstić information content (AvgIpc) is 2.70. The van der Waals surface area contributed by atoms with E-state index in [1.807, 2.05) is 6.92 Å². The first-order valence-electron chi connectivity index (χ1n) is 11.1. The Kier molecular flexibility index (Phi) is 6.57. The molecule has 0 radical (unpaired) electrons. The zero-order valence-corrected chi connectivity index (χ0v) is 19.2. The molecule has 5 atom stereocenters. The predicted octanol–water partition coefficient (Wildman–Crippen LogP) is 5.55. The smallest absolute Gasteiger partial charge is 0.432 e. The van der Waals surface area contributed by atoms with Gasteiger partial charge in [0.05, 0.1) is 5.60 Å². The summed E-state index contributed by atoms with van der Waals surface area (Å²) in [6.07, 6.45) is -2.73. The van der Waals surface area contributed by atoms with Crippen molar-refractivity contribution in [3.05, 3.63) is 48.0 Å². The molecule has 7 heteroatoms. The fraction of sp³-hybridized carbons (Fsp3) is 0.640. The molecule has 0 bridgehead atoms. The van der Waals surface area contributed by atoms with Crippen molar-refractivity contribution in [2.75, 3.05) is 7.11 Å². The summed E-state index contributed by atoms with van der Waals surface area (Å²) in [7, 11) is 0.878. The quantitative estimate of drug-likeness (QED) is 0.468. The Balaban J connectivity index is 1.93.